The van der Waals surface area contributed by atoms with Crippen molar-refractivity contribution < 1.29 is 9.84 Å². The molecule has 1 heterocycles. The summed E-state index contributed by atoms with van der Waals surface area (Å²) in [7, 11) is 0. The second kappa shape index (κ2) is 6.40. The number of nitrogens with one attached hydrogen (secondary N) is 1. The van der Waals surface area contributed by atoms with Gasteiger partial charge < -0.3 is 15.2 Å². The Balaban J connectivity index is 2.13. The van der Waals surface area contributed by atoms with E-state index in [1.807, 2.05) is 0 Å². The van der Waals surface area contributed by atoms with Crippen LogP contribution < -0.4 is 10.1 Å². The maximum atomic E-state index is 9.46. The zero-order valence-electron chi connectivity index (χ0n) is 12.1. The number of rotatable bonds is 6. The van der Waals surface area contributed by atoms with Gasteiger partial charge in [0.15, 0.2) is 0 Å². The number of hydrogen-bond donors (Lipinski definition) is 2. The van der Waals surface area contributed by atoms with Gasteiger partial charge in [-0.2, -0.15) is 0 Å². The van der Waals surface area contributed by atoms with Crippen LogP contribution in [0.15, 0.2) is 18.2 Å². The van der Waals surface area contributed by atoms with E-state index in [2.05, 4.69) is 44.3 Å². The SMILES string of the molecule is CCC(NC(CO)C(C)C)c1ccc2c(c1)CCO2. The van der Waals surface area contributed by atoms with Crippen LogP contribution in [0.2, 0.25) is 0 Å². The standard InChI is InChI=1S/C16H25NO2/c1-4-14(17-15(10-18)11(2)3)12-5-6-16-13(9-12)7-8-19-16/h5-6,9,11,14-15,17-18H,4,7-8,10H2,1-3H3. The molecule has 1 aromatic carbocycles. The molecule has 0 saturated carbocycles. The fourth-order valence-electron chi connectivity index (χ4n) is 2.59. The monoisotopic (exact) mass is 263 g/mol. The Labute approximate surface area is 116 Å². The third-order valence-corrected chi connectivity index (χ3v) is 3.94. The van der Waals surface area contributed by atoms with Crippen molar-refractivity contribution >= 4 is 0 Å². The highest BCUT2D eigenvalue weighted by Crippen LogP contribution is 2.29. The van der Waals surface area contributed by atoms with Crippen LogP contribution in [0.1, 0.15) is 44.4 Å². The van der Waals surface area contributed by atoms with E-state index < -0.39 is 0 Å². The summed E-state index contributed by atoms with van der Waals surface area (Å²) in [6.45, 7) is 7.43. The first-order valence-corrected chi connectivity index (χ1v) is 7.28. The molecule has 0 aliphatic carbocycles. The van der Waals surface area contributed by atoms with Crippen molar-refractivity contribution in [3.8, 4) is 5.75 Å². The molecule has 0 spiro atoms. The molecule has 2 N–H and O–H groups in total. The largest absolute Gasteiger partial charge is 0.493 e. The summed E-state index contributed by atoms with van der Waals surface area (Å²) in [4.78, 5) is 0. The van der Waals surface area contributed by atoms with Crippen molar-refractivity contribution in [1.29, 1.82) is 0 Å². The van der Waals surface area contributed by atoms with Gasteiger partial charge in [0.25, 0.3) is 0 Å². The van der Waals surface area contributed by atoms with Crippen molar-refractivity contribution in [2.24, 2.45) is 5.92 Å². The smallest absolute Gasteiger partial charge is 0.122 e. The van der Waals surface area contributed by atoms with E-state index in [9.17, 15) is 5.11 Å². The van der Waals surface area contributed by atoms with Crippen LogP contribution in [0, 0.1) is 5.92 Å². The lowest BCUT2D eigenvalue weighted by molar-refractivity contribution is 0.198. The molecule has 0 radical (unpaired) electrons. The van der Waals surface area contributed by atoms with Gasteiger partial charge in [0.05, 0.1) is 13.2 Å². The maximum Gasteiger partial charge on any atom is 0.122 e. The molecular weight excluding hydrogens is 238 g/mol. The van der Waals surface area contributed by atoms with Gasteiger partial charge in [-0.1, -0.05) is 32.9 Å². The van der Waals surface area contributed by atoms with Gasteiger partial charge in [0, 0.05) is 18.5 Å². The first-order chi connectivity index (χ1) is 9.15. The van der Waals surface area contributed by atoms with Crippen LogP contribution in [0.25, 0.3) is 0 Å². The van der Waals surface area contributed by atoms with E-state index in [0.717, 1.165) is 25.2 Å². The predicted octanol–water partition coefficient (Wildman–Crippen LogP) is 2.68. The molecule has 0 aromatic heterocycles. The lowest BCUT2D eigenvalue weighted by atomic mass is 9.97. The summed E-state index contributed by atoms with van der Waals surface area (Å²) in [6.07, 6.45) is 2.02. The molecule has 1 aromatic rings. The van der Waals surface area contributed by atoms with Gasteiger partial charge in [-0.05, 0) is 29.5 Å². The molecule has 106 valence electrons. The molecule has 0 fully saturated rings. The summed E-state index contributed by atoms with van der Waals surface area (Å²) < 4.78 is 5.55. The molecule has 1 aliphatic rings. The van der Waals surface area contributed by atoms with Gasteiger partial charge >= 0.3 is 0 Å². The highest BCUT2D eigenvalue weighted by atomic mass is 16.5. The predicted molar refractivity (Wildman–Crippen MR) is 77.5 cm³/mol. The average Bonchev–Trinajstić information content (AvgIpc) is 2.86. The normalized spacial score (nSPS) is 17.1. The quantitative estimate of drug-likeness (QED) is 0.829. The van der Waals surface area contributed by atoms with Crippen molar-refractivity contribution in [2.45, 2.75) is 45.7 Å². The van der Waals surface area contributed by atoms with Crippen LogP contribution in [-0.2, 0) is 6.42 Å². The molecule has 19 heavy (non-hydrogen) atoms. The zero-order valence-corrected chi connectivity index (χ0v) is 12.1. The van der Waals surface area contributed by atoms with Crippen molar-refractivity contribution in [2.75, 3.05) is 13.2 Å². The van der Waals surface area contributed by atoms with Gasteiger partial charge in [0.1, 0.15) is 5.75 Å². The third-order valence-electron chi connectivity index (χ3n) is 3.94. The second-order valence-electron chi connectivity index (χ2n) is 5.63. The maximum absolute atomic E-state index is 9.46. The Kier molecular flexibility index (Phi) is 4.83. The van der Waals surface area contributed by atoms with Crippen LogP contribution in [0.4, 0.5) is 0 Å². The molecule has 3 nitrogen and oxygen atoms in total. The summed E-state index contributed by atoms with van der Waals surface area (Å²) >= 11 is 0. The first-order valence-electron chi connectivity index (χ1n) is 7.28. The minimum absolute atomic E-state index is 0.148. The summed E-state index contributed by atoms with van der Waals surface area (Å²) in [5, 5.41) is 13.0. The van der Waals surface area contributed by atoms with Crippen LogP contribution in [-0.4, -0.2) is 24.4 Å². The molecule has 3 heteroatoms. The number of benzene rings is 1. The molecule has 2 rings (SSSR count). The number of fused-ring (bicyclic) bond motifs is 1. The van der Waals surface area contributed by atoms with E-state index in [1.54, 1.807) is 0 Å². The Hall–Kier alpha value is -1.06. The molecule has 1 aliphatic heterocycles. The van der Waals surface area contributed by atoms with Gasteiger partial charge in [-0.25, -0.2) is 0 Å². The third kappa shape index (κ3) is 3.28. The topological polar surface area (TPSA) is 41.5 Å². The van der Waals surface area contributed by atoms with Crippen LogP contribution in [0.5, 0.6) is 5.75 Å². The van der Waals surface area contributed by atoms with E-state index >= 15 is 0 Å². The molecule has 2 unspecified atom stereocenters. The van der Waals surface area contributed by atoms with Crippen molar-refractivity contribution in [1.82, 2.24) is 5.32 Å². The van der Waals surface area contributed by atoms with E-state index in [-0.39, 0.29) is 12.6 Å². The number of hydrogen-bond acceptors (Lipinski definition) is 3. The second-order valence-corrected chi connectivity index (χ2v) is 5.63. The van der Waals surface area contributed by atoms with Gasteiger partial charge in [-0.3, -0.25) is 0 Å². The van der Waals surface area contributed by atoms with Crippen molar-refractivity contribution in [3.05, 3.63) is 29.3 Å². The Morgan fingerprint density at radius 3 is 2.79 bits per heavy atom. The molecule has 0 amide bonds. The Bertz CT molecular complexity index is 417. The molecule has 0 bridgehead atoms. The van der Waals surface area contributed by atoms with Crippen LogP contribution >= 0.6 is 0 Å². The summed E-state index contributed by atoms with van der Waals surface area (Å²) in [6, 6.07) is 6.91. The fourth-order valence-corrected chi connectivity index (χ4v) is 2.59. The Morgan fingerprint density at radius 1 is 1.37 bits per heavy atom. The van der Waals surface area contributed by atoms with Crippen molar-refractivity contribution in [3.63, 3.8) is 0 Å². The molecule has 0 saturated heterocycles. The van der Waals surface area contributed by atoms with E-state index in [4.69, 9.17) is 4.74 Å². The zero-order chi connectivity index (χ0) is 13.8. The number of aliphatic hydroxyl groups is 1. The van der Waals surface area contributed by atoms with Gasteiger partial charge in [-0.15, -0.1) is 0 Å². The lowest BCUT2D eigenvalue weighted by Crippen LogP contribution is -2.39. The molecule has 2 atom stereocenters. The van der Waals surface area contributed by atoms with E-state index in [0.29, 0.717) is 12.0 Å². The minimum Gasteiger partial charge on any atom is -0.493 e. The average molecular weight is 263 g/mol. The fraction of sp³-hybridized carbons (Fsp3) is 0.625. The Morgan fingerprint density at radius 2 is 2.16 bits per heavy atom. The first kappa shape index (κ1) is 14.4. The minimum atomic E-state index is 0.148. The van der Waals surface area contributed by atoms with Crippen LogP contribution in [0.3, 0.4) is 0 Å². The highest BCUT2D eigenvalue weighted by Gasteiger charge is 2.20. The number of aliphatic hydroxyl groups excluding tert-OH is 1. The lowest BCUT2D eigenvalue weighted by Gasteiger charge is -2.27. The molecular formula is C16H25NO2. The number of ether oxygens (including phenoxy) is 1. The highest BCUT2D eigenvalue weighted by molar-refractivity contribution is 5.40. The summed E-state index contributed by atoms with van der Waals surface area (Å²) in [5.41, 5.74) is 2.61. The summed E-state index contributed by atoms with van der Waals surface area (Å²) in [5.74, 6) is 1.46. The van der Waals surface area contributed by atoms with E-state index in [1.165, 1.54) is 11.1 Å². The van der Waals surface area contributed by atoms with Gasteiger partial charge in [0.2, 0.25) is 0 Å².